The van der Waals surface area contributed by atoms with Gasteiger partial charge in [0, 0.05) is 81.5 Å². The van der Waals surface area contributed by atoms with Crippen molar-refractivity contribution in [3.63, 3.8) is 0 Å². The largest absolute Gasteiger partial charge is 0.508 e. The van der Waals surface area contributed by atoms with Crippen LogP contribution in [-0.4, -0.2) is 150 Å². The number of hydrogen-bond donors (Lipinski definition) is 3. The molecule has 68 heavy (non-hydrogen) atoms. The topological polar surface area (TPSA) is 213 Å². The second-order valence-corrected chi connectivity index (χ2v) is 21.4. The molecule has 3 aliphatic rings. The third kappa shape index (κ3) is 10.7. The lowest BCUT2D eigenvalue weighted by molar-refractivity contribution is -0.155. The van der Waals surface area contributed by atoms with Crippen LogP contribution in [-0.2, 0) is 69.5 Å². The average molecular weight is 957 g/mol. The molecular formula is C49H64N8O10S. The minimum atomic E-state index is -3.58. The van der Waals surface area contributed by atoms with E-state index in [0.29, 0.717) is 43.5 Å². The number of phenols is 1. The Morgan fingerprint density at radius 1 is 1.09 bits per heavy atom. The molecule has 19 heteroatoms. The number of methoxy groups -OCH3 is 1. The van der Waals surface area contributed by atoms with Gasteiger partial charge in [-0.05, 0) is 90.3 Å². The number of sulfonamides is 1. The number of benzene rings is 2. The number of aromatic hydroxyl groups is 1. The first-order valence-corrected chi connectivity index (χ1v) is 24.9. The molecule has 0 spiro atoms. The number of amides is 4. The highest BCUT2D eigenvalue weighted by atomic mass is 32.2. The number of hydrazine groups is 1. The van der Waals surface area contributed by atoms with E-state index in [4.69, 9.17) is 9.47 Å². The maximum Gasteiger partial charge on any atom is 0.324 e. The van der Waals surface area contributed by atoms with Gasteiger partial charge in [-0.15, -0.1) is 0 Å². The molecule has 5 atom stereocenters. The summed E-state index contributed by atoms with van der Waals surface area (Å²) in [6.45, 7) is 10.6. The predicted molar refractivity (Wildman–Crippen MR) is 255 cm³/mol. The zero-order chi connectivity index (χ0) is 49.4. The number of nitrogens with zero attached hydrogens (tertiary/aromatic N) is 6. The Morgan fingerprint density at radius 3 is 2.51 bits per heavy atom. The summed E-state index contributed by atoms with van der Waals surface area (Å²) in [7, 11) is 0.914. The standard InChI is InChI=1S/C49H64N8O10S/c1-10-55-40-14-13-31-22-35(40)36(44(55)37-24-50-16-15-32(37)27-66-8)23-49(4,5)28-67-48(63)38-12-11-17-56(52-38)46(61)39(20-30-18-33(31)21-34(58)19-30)51-45(60)43(29(2)3)54(7)42(59)26-53(6)47(62)41-25-57(41)68(9,64)65/h13-16,18-19,21-22,24,29,38-39,41,43,52,58H,10-12,17,20,23,25-28H2,1-9H3,(H,51,60)/t38-,39-,41-,43-,57?/m0/s1. The first-order chi connectivity index (χ1) is 32.1. The Hall–Kier alpha value is -5.89. The third-order valence-electron chi connectivity index (χ3n) is 13.1. The molecule has 2 fully saturated rings. The molecule has 6 bridgehead atoms. The van der Waals surface area contributed by atoms with Crippen molar-refractivity contribution in [3.05, 3.63) is 71.5 Å². The van der Waals surface area contributed by atoms with Crippen LogP contribution in [0.3, 0.4) is 0 Å². The van der Waals surface area contributed by atoms with Crippen LogP contribution in [0.5, 0.6) is 5.75 Å². The molecule has 2 aromatic carbocycles. The van der Waals surface area contributed by atoms with Gasteiger partial charge in [-0.2, -0.15) is 4.31 Å². The molecule has 4 amide bonds. The normalized spacial score (nSPS) is 21.2. The highest BCUT2D eigenvalue weighted by molar-refractivity contribution is 7.88. The van der Waals surface area contributed by atoms with Gasteiger partial charge >= 0.3 is 5.97 Å². The van der Waals surface area contributed by atoms with E-state index in [-0.39, 0.29) is 31.9 Å². The minimum Gasteiger partial charge on any atom is -0.508 e. The van der Waals surface area contributed by atoms with Crippen molar-refractivity contribution in [1.82, 2.24) is 39.4 Å². The number of fused-ring (bicyclic) bond motifs is 6. The van der Waals surface area contributed by atoms with E-state index in [0.717, 1.165) is 54.3 Å². The lowest BCUT2D eigenvalue weighted by Crippen LogP contribution is -2.62. The first kappa shape index (κ1) is 50.0. The fourth-order valence-electron chi connectivity index (χ4n) is 9.61. The van der Waals surface area contributed by atoms with Crippen LogP contribution in [0.15, 0.2) is 54.9 Å². The molecular weight excluding hydrogens is 893 g/mol. The summed E-state index contributed by atoms with van der Waals surface area (Å²) >= 11 is 0. The van der Waals surface area contributed by atoms with Gasteiger partial charge in [0.25, 0.3) is 5.91 Å². The number of ether oxygens (including phenoxy) is 2. The van der Waals surface area contributed by atoms with Gasteiger partial charge < -0.3 is 34.3 Å². The molecule has 4 aromatic rings. The maximum absolute atomic E-state index is 14.7. The van der Waals surface area contributed by atoms with Crippen LogP contribution in [0.25, 0.3) is 33.3 Å². The van der Waals surface area contributed by atoms with Gasteiger partial charge in [0.05, 0.1) is 31.7 Å². The summed E-state index contributed by atoms with van der Waals surface area (Å²) < 4.78 is 38.9. The smallest absolute Gasteiger partial charge is 0.324 e. The minimum absolute atomic E-state index is 0.0263. The number of cyclic esters (lactones) is 1. The fourth-order valence-corrected chi connectivity index (χ4v) is 10.6. The molecule has 5 heterocycles. The first-order valence-electron chi connectivity index (χ1n) is 23.0. The van der Waals surface area contributed by atoms with Crippen LogP contribution in [0.4, 0.5) is 0 Å². The van der Waals surface area contributed by atoms with Crippen molar-refractivity contribution in [2.75, 3.05) is 53.7 Å². The Kier molecular flexibility index (Phi) is 14.7. The Morgan fingerprint density at radius 2 is 1.84 bits per heavy atom. The highest BCUT2D eigenvalue weighted by Crippen LogP contribution is 2.41. The second kappa shape index (κ2) is 20.0. The summed E-state index contributed by atoms with van der Waals surface area (Å²) in [4.78, 5) is 76.7. The molecule has 0 saturated carbocycles. The number of esters is 1. The third-order valence-corrected chi connectivity index (χ3v) is 14.3. The summed E-state index contributed by atoms with van der Waals surface area (Å²) in [5.41, 5.74) is 9.43. The molecule has 3 N–H and O–H groups in total. The quantitative estimate of drug-likeness (QED) is 0.138. The van der Waals surface area contributed by atoms with Crippen LogP contribution < -0.4 is 10.7 Å². The van der Waals surface area contributed by atoms with E-state index >= 15 is 0 Å². The average Bonchev–Trinajstić information content (AvgIpc) is 4.06. The van der Waals surface area contributed by atoms with E-state index in [1.807, 2.05) is 24.4 Å². The maximum atomic E-state index is 14.7. The molecule has 366 valence electrons. The number of aryl methyl sites for hydroxylation is 1. The molecule has 18 nitrogen and oxygen atoms in total. The van der Waals surface area contributed by atoms with Crippen molar-refractivity contribution in [2.24, 2.45) is 11.3 Å². The molecule has 7 rings (SSSR count). The van der Waals surface area contributed by atoms with E-state index in [2.05, 4.69) is 53.2 Å². The van der Waals surface area contributed by atoms with Gasteiger partial charge in [0.2, 0.25) is 27.7 Å². The predicted octanol–water partition coefficient (Wildman–Crippen LogP) is 3.48. The van der Waals surface area contributed by atoms with Crippen LogP contribution >= 0.6 is 0 Å². The highest BCUT2D eigenvalue weighted by Gasteiger charge is 2.48. The van der Waals surface area contributed by atoms with Gasteiger partial charge in [-0.25, -0.2) is 13.8 Å². The van der Waals surface area contributed by atoms with Crippen LogP contribution in [0.1, 0.15) is 64.2 Å². The van der Waals surface area contributed by atoms with Crippen molar-refractivity contribution in [1.29, 1.82) is 0 Å². The van der Waals surface area contributed by atoms with Crippen molar-refractivity contribution in [3.8, 4) is 28.1 Å². The Balaban J connectivity index is 1.26. The van der Waals surface area contributed by atoms with E-state index < -0.39 is 81.7 Å². The number of aromatic nitrogens is 2. The van der Waals surface area contributed by atoms with Crippen molar-refractivity contribution < 1.29 is 47.0 Å². The molecule has 2 aromatic heterocycles. The molecule has 2 saturated heterocycles. The van der Waals surface area contributed by atoms with Crippen LogP contribution in [0.2, 0.25) is 0 Å². The van der Waals surface area contributed by atoms with E-state index in [9.17, 15) is 37.5 Å². The Labute approximate surface area is 397 Å². The lowest BCUT2D eigenvalue weighted by atomic mass is 9.84. The van der Waals surface area contributed by atoms with E-state index in [1.54, 1.807) is 39.3 Å². The number of likely N-dealkylation sites (N-methyl/N-ethyl adjacent to an activating group) is 2. The number of rotatable bonds is 12. The number of hydrogen-bond acceptors (Lipinski definition) is 12. The second-order valence-electron chi connectivity index (χ2n) is 19.4. The number of pyridine rings is 1. The summed E-state index contributed by atoms with van der Waals surface area (Å²) in [6.07, 6.45) is 5.94. The Bertz CT molecular complexity index is 2720. The number of carbonyl (C=O) groups excluding carboxylic acids is 5. The molecule has 3 aliphatic heterocycles. The zero-order valence-electron chi connectivity index (χ0n) is 40.4. The lowest BCUT2D eigenvalue weighted by Gasteiger charge is -2.37. The van der Waals surface area contributed by atoms with Crippen LogP contribution in [0, 0.1) is 11.3 Å². The van der Waals surface area contributed by atoms with Gasteiger partial charge in [0.15, 0.2) is 0 Å². The molecule has 0 radical (unpaired) electrons. The summed E-state index contributed by atoms with van der Waals surface area (Å²) in [6, 6.07) is 9.10. The number of phenolic OH excluding ortho intramolecular Hbond substituents is 1. The monoisotopic (exact) mass is 956 g/mol. The van der Waals surface area contributed by atoms with Crippen molar-refractivity contribution in [2.45, 2.75) is 97.6 Å². The van der Waals surface area contributed by atoms with Gasteiger partial charge in [-0.1, -0.05) is 39.8 Å². The van der Waals surface area contributed by atoms with E-state index in [1.165, 1.54) is 24.0 Å². The summed E-state index contributed by atoms with van der Waals surface area (Å²) in [5, 5.41) is 16.5. The molecule has 0 aliphatic carbocycles. The zero-order valence-corrected chi connectivity index (χ0v) is 41.2. The fraction of sp³-hybridized carbons (Fsp3) is 0.510. The summed E-state index contributed by atoms with van der Waals surface area (Å²) in [5.74, 6) is -3.31. The van der Waals surface area contributed by atoms with Gasteiger partial charge in [-0.3, -0.25) is 34.0 Å². The van der Waals surface area contributed by atoms with Crippen molar-refractivity contribution >= 4 is 50.5 Å². The SMILES string of the molecule is CCn1c(-c2cnccc2COC)c2c3cc(ccc31)-c1cc(O)cc(c1)C[C@H](NC(=O)[C@H](C(C)C)N(C)C(=O)CN(C)C(=O)[C@@H]1CN1S(C)(=O)=O)C(=O)N1CCC[C@H](N1)C(=O)OCC(C)(C)C2. The molecule has 1 unspecified atom stereocenters. The number of carbonyl (C=O) groups is 5. The van der Waals surface area contributed by atoms with Gasteiger partial charge in [0.1, 0.15) is 29.9 Å². The number of nitrogens with one attached hydrogen (secondary N) is 2.